The van der Waals surface area contributed by atoms with E-state index in [1.165, 1.54) is 0 Å². The number of hydrogen-bond donors (Lipinski definition) is 1. The number of fused-ring (bicyclic) bond motifs is 1. The molecule has 1 saturated carbocycles. The first-order valence-electron chi connectivity index (χ1n) is 8.96. The molecule has 1 fully saturated rings. The molecule has 1 amide bonds. The number of carbonyl (C=O) groups is 1. The molecule has 2 aromatic carbocycles. The highest BCUT2D eigenvalue weighted by molar-refractivity contribution is 5.89. The van der Waals surface area contributed by atoms with Crippen molar-refractivity contribution in [1.29, 1.82) is 0 Å². The van der Waals surface area contributed by atoms with Crippen molar-refractivity contribution in [3.63, 3.8) is 0 Å². The monoisotopic (exact) mass is 333 g/mol. The van der Waals surface area contributed by atoms with Gasteiger partial charge in [0.25, 0.3) is 0 Å². The number of carbonyl (C=O) groups excluding carboxylic acids is 1. The zero-order valence-electron chi connectivity index (χ0n) is 14.5. The predicted octanol–water partition coefficient (Wildman–Crippen LogP) is 3.58. The van der Waals surface area contributed by atoms with Crippen LogP contribution in [-0.2, 0) is 16.8 Å². The van der Waals surface area contributed by atoms with Crippen LogP contribution in [0, 0.1) is 6.92 Å². The van der Waals surface area contributed by atoms with Gasteiger partial charge in [-0.05, 0) is 37.5 Å². The summed E-state index contributed by atoms with van der Waals surface area (Å²) in [5.74, 6) is 1.14. The summed E-state index contributed by atoms with van der Waals surface area (Å²) in [5.41, 5.74) is 2.94. The van der Waals surface area contributed by atoms with Gasteiger partial charge in [0.05, 0.1) is 16.4 Å². The lowest BCUT2D eigenvalue weighted by Crippen LogP contribution is -2.49. The third-order valence-corrected chi connectivity index (χ3v) is 5.43. The fraction of sp³-hybridized carbons (Fsp3) is 0.333. The van der Waals surface area contributed by atoms with E-state index in [0.29, 0.717) is 6.54 Å². The summed E-state index contributed by atoms with van der Waals surface area (Å²) in [6.45, 7) is 3.37. The van der Waals surface area contributed by atoms with Crippen LogP contribution in [0.2, 0.25) is 0 Å². The van der Waals surface area contributed by atoms with Gasteiger partial charge < -0.3 is 9.88 Å². The van der Waals surface area contributed by atoms with Gasteiger partial charge in [-0.1, -0.05) is 48.9 Å². The lowest BCUT2D eigenvalue weighted by atomic mass is 9.64. The molecule has 128 valence electrons. The number of rotatable bonds is 5. The first kappa shape index (κ1) is 15.9. The Balaban J connectivity index is 1.46. The van der Waals surface area contributed by atoms with Crippen molar-refractivity contribution < 1.29 is 4.79 Å². The standard InChI is InChI=1S/C21H23N3O/c1-16-23-18-10-5-6-11-19(18)24(16)15-14-22-20(25)21(12-7-13-21)17-8-3-2-4-9-17/h2-6,8-11H,7,12-15H2,1H3,(H,22,25). The van der Waals surface area contributed by atoms with Crippen LogP contribution in [0.5, 0.6) is 0 Å². The van der Waals surface area contributed by atoms with Crippen molar-refractivity contribution >= 4 is 16.9 Å². The van der Waals surface area contributed by atoms with E-state index in [2.05, 4.69) is 33.1 Å². The van der Waals surface area contributed by atoms with Gasteiger partial charge in [-0.2, -0.15) is 0 Å². The molecule has 0 spiro atoms. The minimum Gasteiger partial charge on any atom is -0.354 e. The number of nitrogens with zero attached hydrogens (tertiary/aromatic N) is 2. The summed E-state index contributed by atoms with van der Waals surface area (Å²) in [5, 5.41) is 3.17. The molecular weight excluding hydrogens is 310 g/mol. The van der Waals surface area contributed by atoms with Crippen LogP contribution >= 0.6 is 0 Å². The largest absolute Gasteiger partial charge is 0.354 e. The third-order valence-electron chi connectivity index (χ3n) is 5.43. The lowest BCUT2D eigenvalue weighted by Gasteiger charge is -2.40. The smallest absolute Gasteiger partial charge is 0.230 e. The molecule has 0 radical (unpaired) electrons. The van der Waals surface area contributed by atoms with E-state index in [1.54, 1.807) is 0 Å². The number of amides is 1. The van der Waals surface area contributed by atoms with Crippen molar-refractivity contribution in [1.82, 2.24) is 14.9 Å². The summed E-state index contributed by atoms with van der Waals surface area (Å²) in [6, 6.07) is 18.3. The number of aromatic nitrogens is 2. The van der Waals surface area contributed by atoms with Crippen LogP contribution in [0.15, 0.2) is 54.6 Å². The third kappa shape index (κ3) is 2.72. The molecule has 1 aliphatic carbocycles. The molecule has 4 rings (SSSR count). The van der Waals surface area contributed by atoms with Crippen LogP contribution in [0.4, 0.5) is 0 Å². The Morgan fingerprint density at radius 3 is 2.56 bits per heavy atom. The molecule has 0 unspecified atom stereocenters. The maximum Gasteiger partial charge on any atom is 0.230 e. The summed E-state index contributed by atoms with van der Waals surface area (Å²) < 4.78 is 2.17. The van der Waals surface area contributed by atoms with Crippen LogP contribution in [0.1, 0.15) is 30.7 Å². The second-order valence-electron chi connectivity index (χ2n) is 6.86. The number of benzene rings is 2. The quantitative estimate of drug-likeness (QED) is 0.776. The van der Waals surface area contributed by atoms with Crippen LogP contribution in [0.3, 0.4) is 0 Å². The highest BCUT2D eigenvalue weighted by atomic mass is 16.2. The molecule has 4 heteroatoms. The predicted molar refractivity (Wildman–Crippen MR) is 99.5 cm³/mol. The summed E-state index contributed by atoms with van der Waals surface area (Å²) >= 11 is 0. The van der Waals surface area contributed by atoms with Crippen LogP contribution in [0.25, 0.3) is 11.0 Å². The van der Waals surface area contributed by atoms with Gasteiger partial charge >= 0.3 is 0 Å². The maximum absolute atomic E-state index is 12.9. The Bertz CT molecular complexity index is 894. The van der Waals surface area contributed by atoms with E-state index in [9.17, 15) is 4.79 Å². The molecule has 1 heterocycles. The molecule has 1 aliphatic rings. The Morgan fingerprint density at radius 2 is 1.84 bits per heavy atom. The molecule has 25 heavy (non-hydrogen) atoms. The fourth-order valence-corrected chi connectivity index (χ4v) is 3.86. The zero-order chi connectivity index (χ0) is 17.3. The Hall–Kier alpha value is -2.62. The average Bonchev–Trinajstić information content (AvgIpc) is 2.91. The van der Waals surface area contributed by atoms with Gasteiger partial charge in [-0.3, -0.25) is 4.79 Å². The van der Waals surface area contributed by atoms with Crippen molar-refractivity contribution in [2.24, 2.45) is 0 Å². The van der Waals surface area contributed by atoms with Crippen molar-refractivity contribution in [2.45, 2.75) is 38.1 Å². The second kappa shape index (κ2) is 6.36. The van der Waals surface area contributed by atoms with E-state index in [0.717, 1.165) is 48.2 Å². The summed E-state index contributed by atoms with van der Waals surface area (Å²) in [7, 11) is 0. The van der Waals surface area contributed by atoms with E-state index in [-0.39, 0.29) is 11.3 Å². The first-order valence-corrected chi connectivity index (χ1v) is 8.96. The van der Waals surface area contributed by atoms with Gasteiger partial charge in [-0.15, -0.1) is 0 Å². The molecule has 0 saturated heterocycles. The van der Waals surface area contributed by atoms with Gasteiger partial charge in [0.2, 0.25) is 5.91 Å². The number of aryl methyl sites for hydroxylation is 1. The molecule has 0 aliphatic heterocycles. The van der Waals surface area contributed by atoms with E-state index >= 15 is 0 Å². The molecule has 3 aromatic rings. The SMILES string of the molecule is Cc1nc2ccccc2n1CCNC(=O)C1(c2ccccc2)CCC1. The van der Waals surface area contributed by atoms with Gasteiger partial charge in [0, 0.05) is 13.1 Å². The minimum absolute atomic E-state index is 0.159. The van der Waals surface area contributed by atoms with E-state index in [4.69, 9.17) is 0 Å². The first-order chi connectivity index (χ1) is 12.2. The maximum atomic E-state index is 12.9. The molecule has 1 N–H and O–H groups in total. The van der Waals surface area contributed by atoms with E-state index in [1.807, 2.05) is 43.3 Å². The molecule has 1 aromatic heterocycles. The Labute approximate surface area is 147 Å². The Kier molecular flexibility index (Phi) is 4.04. The average molecular weight is 333 g/mol. The summed E-state index contributed by atoms with van der Waals surface area (Å²) in [6.07, 6.45) is 3.00. The number of imidazole rings is 1. The van der Waals surface area contributed by atoms with Gasteiger partial charge in [0.15, 0.2) is 0 Å². The van der Waals surface area contributed by atoms with Crippen molar-refractivity contribution in [3.8, 4) is 0 Å². The zero-order valence-corrected chi connectivity index (χ0v) is 14.5. The van der Waals surface area contributed by atoms with Crippen molar-refractivity contribution in [2.75, 3.05) is 6.54 Å². The van der Waals surface area contributed by atoms with Gasteiger partial charge in [-0.25, -0.2) is 4.98 Å². The number of nitrogens with one attached hydrogen (secondary N) is 1. The van der Waals surface area contributed by atoms with Gasteiger partial charge in [0.1, 0.15) is 5.82 Å². The van der Waals surface area contributed by atoms with Crippen LogP contribution < -0.4 is 5.32 Å². The highest BCUT2D eigenvalue weighted by Gasteiger charge is 2.45. The minimum atomic E-state index is -0.326. The summed E-state index contributed by atoms with van der Waals surface area (Å²) in [4.78, 5) is 17.5. The van der Waals surface area contributed by atoms with E-state index < -0.39 is 0 Å². The highest BCUT2D eigenvalue weighted by Crippen LogP contribution is 2.43. The topological polar surface area (TPSA) is 46.9 Å². The number of hydrogen-bond acceptors (Lipinski definition) is 2. The van der Waals surface area contributed by atoms with Crippen molar-refractivity contribution in [3.05, 3.63) is 66.0 Å². The normalized spacial score (nSPS) is 15.7. The molecular formula is C21H23N3O. The Morgan fingerprint density at radius 1 is 1.12 bits per heavy atom. The number of para-hydroxylation sites is 2. The van der Waals surface area contributed by atoms with Crippen LogP contribution in [-0.4, -0.2) is 22.0 Å². The molecule has 0 atom stereocenters. The fourth-order valence-electron chi connectivity index (χ4n) is 3.86. The molecule has 4 nitrogen and oxygen atoms in total. The lowest BCUT2D eigenvalue weighted by molar-refractivity contribution is -0.129. The second-order valence-corrected chi connectivity index (χ2v) is 6.86. The molecule has 0 bridgehead atoms.